The highest BCUT2D eigenvalue weighted by atomic mass is 28.2. The number of nitrogens with zero attached hydrogens (tertiary/aromatic N) is 3. The molecule has 0 amide bonds. The highest BCUT2D eigenvalue weighted by molar-refractivity contribution is 5.94. The van der Waals surface area contributed by atoms with Crippen molar-refractivity contribution < 1.29 is 8.92 Å². The van der Waals surface area contributed by atoms with Gasteiger partial charge in [-0.2, -0.15) is 15.0 Å². The zero-order valence-electron chi connectivity index (χ0n) is 5.89. The molecule has 1 rings (SSSR count). The van der Waals surface area contributed by atoms with Gasteiger partial charge in [0.2, 0.25) is 17.8 Å². The molecule has 0 aliphatic rings. The average Bonchev–Trinajstić information content (AvgIpc) is 1.84. The van der Waals surface area contributed by atoms with Gasteiger partial charge in [-0.05, 0) is 0 Å². The first-order valence-corrected chi connectivity index (χ1v) is 3.43. The fourth-order valence-electron chi connectivity index (χ4n) is 0.427. The molecule has 64 valence electrons. The lowest BCUT2D eigenvalue weighted by Crippen LogP contribution is -2.05. The SMILES string of the molecule is Nc1nc(N)nc(N)n1.O=[Si]=O. The van der Waals surface area contributed by atoms with Gasteiger partial charge in [0.15, 0.2) is 0 Å². The summed E-state index contributed by atoms with van der Waals surface area (Å²) in [6.45, 7) is 0. The summed E-state index contributed by atoms with van der Waals surface area (Å²) in [5.41, 5.74) is 15.4. The van der Waals surface area contributed by atoms with Gasteiger partial charge < -0.3 is 17.2 Å². The molecular formula is C3H6N6O2Si. The van der Waals surface area contributed by atoms with Crippen molar-refractivity contribution in [2.45, 2.75) is 0 Å². The van der Waals surface area contributed by atoms with Crippen molar-refractivity contribution in [3.8, 4) is 0 Å². The van der Waals surface area contributed by atoms with Crippen LogP contribution in [-0.2, 0) is 8.92 Å². The highest BCUT2D eigenvalue weighted by Gasteiger charge is 1.93. The van der Waals surface area contributed by atoms with Crippen LogP contribution in [0.15, 0.2) is 0 Å². The van der Waals surface area contributed by atoms with Crippen LogP contribution in [0.25, 0.3) is 0 Å². The van der Waals surface area contributed by atoms with Crippen LogP contribution in [0.5, 0.6) is 0 Å². The summed E-state index contributed by atoms with van der Waals surface area (Å²) >= 11 is 0. The topological polar surface area (TPSA) is 151 Å². The van der Waals surface area contributed by atoms with Crippen LogP contribution < -0.4 is 17.2 Å². The van der Waals surface area contributed by atoms with E-state index < -0.39 is 9.29 Å². The fourth-order valence-corrected chi connectivity index (χ4v) is 0.427. The van der Waals surface area contributed by atoms with E-state index in [1.807, 2.05) is 0 Å². The van der Waals surface area contributed by atoms with Crippen LogP contribution in [0, 0.1) is 0 Å². The first-order chi connectivity index (χ1) is 5.60. The van der Waals surface area contributed by atoms with Gasteiger partial charge in [0.25, 0.3) is 0 Å². The Morgan fingerprint density at radius 1 is 0.833 bits per heavy atom. The molecule has 0 unspecified atom stereocenters. The number of nitrogen functional groups attached to an aromatic ring is 3. The molecule has 0 fully saturated rings. The van der Waals surface area contributed by atoms with E-state index in [0.717, 1.165) is 0 Å². The van der Waals surface area contributed by atoms with Gasteiger partial charge in [-0.25, -0.2) is 0 Å². The van der Waals surface area contributed by atoms with E-state index in [9.17, 15) is 0 Å². The first kappa shape index (κ1) is 10.2. The number of rotatable bonds is 0. The van der Waals surface area contributed by atoms with E-state index >= 15 is 0 Å². The van der Waals surface area contributed by atoms with Gasteiger partial charge in [0.05, 0.1) is 0 Å². The largest absolute Gasteiger partial charge is 0.549 e. The number of nitrogens with two attached hydrogens (primary N) is 3. The second-order valence-corrected chi connectivity index (χ2v) is 1.66. The molecule has 1 aromatic rings. The number of aromatic nitrogens is 3. The Morgan fingerprint density at radius 2 is 1.00 bits per heavy atom. The Bertz CT molecular complexity index is 246. The van der Waals surface area contributed by atoms with Crippen molar-refractivity contribution in [2.75, 3.05) is 17.2 Å². The monoisotopic (exact) mass is 186 g/mol. The van der Waals surface area contributed by atoms with Gasteiger partial charge in [0.1, 0.15) is 0 Å². The van der Waals surface area contributed by atoms with E-state index in [0.29, 0.717) is 0 Å². The Labute approximate surface area is 69.1 Å². The van der Waals surface area contributed by atoms with Crippen molar-refractivity contribution >= 4 is 27.1 Å². The molecule has 1 aromatic heterocycles. The normalized spacial score (nSPS) is 7.67. The second kappa shape index (κ2) is 4.95. The van der Waals surface area contributed by atoms with Gasteiger partial charge in [-0.3, -0.25) is 8.92 Å². The lowest BCUT2D eigenvalue weighted by molar-refractivity contribution is 0.497. The molecule has 0 saturated carbocycles. The molecule has 1 heterocycles. The molecule has 0 radical (unpaired) electrons. The van der Waals surface area contributed by atoms with Crippen LogP contribution in [0.2, 0.25) is 0 Å². The van der Waals surface area contributed by atoms with Crippen LogP contribution in [0.3, 0.4) is 0 Å². The minimum atomic E-state index is -1.42. The average molecular weight is 186 g/mol. The van der Waals surface area contributed by atoms with Crippen molar-refractivity contribution in [1.29, 1.82) is 0 Å². The van der Waals surface area contributed by atoms with E-state index in [1.54, 1.807) is 0 Å². The summed E-state index contributed by atoms with van der Waals surface area (Å²) in [6.07, 6.45) is 0. The molecule has 0 atom stereocenters. The molecule has 0 aliphatic carbocycles. The standard InChI is InChI=1S/C3H6N6.O2Si/c4-1-7-2(5)9-3(6)8-1;1-3-2/h(H6,4,5,6,7,8,9);. The Morgan fingerprint density at radius 3 is 1.17 bits per heavy atom. The highest BCUT2D eigenvalue weighted by Crippen LogP contribution is 1.97. The maximum atomic E-state index is 8.40. The number of anilines is 3. The van der Waals surface area contributed by atoms with E-state index in [1.165, 1.54) is 0 Å². The molecule has 0 bridgehead atoms. The van der Waals surface area contributed by atoms with Crippen molar-refractivity contribution in [2.24, 2.45) is 0 Å². The van der Waals surface area contributed by atoms with Crippen LogP contribution in [0.4, 0.5) is 17.8 Å². The number of hydrogen-bond donors (Lipinski definition) is 3. The first-order valence-electron chi connectivity index (χ1n) is 2.62. The zero-order valence-corrected chi connectivity index (χ0v) is 6.89. The third-order valence-electron chi connectivity index (χ3n) is 0.687. The maximum Gasteiger partial charge on any atom is 0.549 e. The quantitative estimate of drug-likeness (QED) is 0.393. The molecular weight excluding hydrogens is 180 g/mol. The van der Waals surface area contributed by atoms with Gasteiger partial charge in [0, 0.05) is 0 Å². The minimum absolute atomic E-state index is 0.0417. The van der Waals surface area contributed by atoms with Gasteiger partial charge >= 0.3 is 9.29 Å². The molecule has 6 N–H and O–H groups in total. The predicted molar refractivity (Wildman–Crippen MR) is 40.2 cm³/mol. The molecule has 8 nitrogen and oxygen atoms in total. The Balaban J connectivity index is 0.000000354. The van der Waals surface area contributed by atoms with Gasteiger partial charge in [-0.1, -0.05) is 0 Å². The second-order valence-electron chi connectivity index (χ2n) is 1.49. The van der Waals surface area contributed by atoms with Crippen LogP contribution in [0.1, 0.15) is 0 Å². The van der Waals surface area contributed by atoms with Crippen LogP contribution in [-0.4, -0.2) is 24.2 Å². The molecule has 9 heteroatoms. The summed E-state index contributed by atoms with van der Waals surface area (Å²) < 4.78 is 16.8. The van der Waals surface area contributed by atoms with Crippen LogP contribution >= 0.6 is 0 Å². The lowest BCUT2D eigenvalue weighted by Gasteiger charge is -1.93. The smallest absolute Gasteiger partial charge is 0.368 e. The van der Waals surface area contributed by atoms with E-state index in [2.05, 4.69) is 15.0 Å². The molecule has 12 heavy (non-hydrogen) atoms. The molecule has 0 spiro atoms. The molecule has 0 saturated heterocycles. The Kier molecular flexibility index (Phi) is 4.22. The zero-order chi connectivity index (χ0) is 9.56. The molecule has 0 aromatic carbocycles. The molecule has 0 aliphatic heterocycles. The van der Waals surface area contributed by atoms with Gasteiger partial charge in [-0.15, -0.1) is 0 Å². The summed E-state index contributed by atoms with van der Waals surface area (Å²) in [4.78, 5) is 10.5. The van der Waals surface area contributed by atoms with E-state index in [4.69, 9.17) is 26.1 Å². The minimum Gasteiger partial charge on any atom is -0.368 e. The summed E-state index contributed by atoms with van der Waals surface area (Å²) in [6, 6.07) is 0. The van der Waals surface area contributed by atoms with Crippen molar-refractivity contribution in [1.82, 2.24) is 15.0 Å². The Hall–Kier alpha value is -1.77. The van der Waals surface area contributed by atoms with Crippen molar-refractivity contribution in [3.05, 3.63) is 0 Å². The number of hydrogen-bond acceptors (Lipinski definition) is 8. The summed E-state index contributed by atoms with van der Waals surface area (Å²) in [5, 5.41) is 0. The third kappa shape index (κ3) is 4.11. The third-order valence-corrected chi connectivity index (χ3v) is 0.687. The summed E-state index contributed by atoms with van der Waals surface area (Å²) in [5.74, 6) is 0.125. The predicted octanol–water partition coefficient (Wildman–Crippen LogP) is -2.00. The van der Waals surface area contributed by atoms with E-state index in [-0.39, 0.29) is 17.8 Å². The lowest BCUT2D eigenvalue weighted by atomic mass is 10.9. The maximum absolute atomic E-state index is 8.40. The summed E-state index contributed by atoms with van der Waals surface area (Å²) in [7, 11) is -1.42. The fraction of sp³-hybridized carbons (Fsp3) is 0. The van der Waals surface area contributed by atoms with Crippen molar-refractivity contribution in [3.63, 3.8) is 0 Å².